The molecule has 0 aliphatic heterocycles. The first-order valence-corrected chi connectivity index (χ1v) is 9.17. The fraction of sp³-hybridized carbons (Fsp3) is 0.217. The van der Waals surface area contributed by atoms with Gasteiger partial charge in [0.05, 0.1) is 0 Å². The first-order valence-electron chi connectivity index (χ1n) is 9.17. The van der Waals surface area contributed by atoms with Gasteiger partial charge in [0.25, 0.3) is 11.5 Å². The summed E-state index contributed by atoms with van der Waals surface area (Å²) in [6.07, 6.45) is 0. The quantitative estimate of drug-likeness (QED) is 0.740. The van der Waals surface area contributed by atoms with E-state index < -0.39 is 0 Å². The van der Waals surface area contributed by atoms with Gasteiger partial charge in [0.2, 0.25) is 0 Å². The smallest absolute Gasteiger partial charge is 0.261 e. The number of aryl methyl sites for hydroxylation is 1. The number of amides is 1. The number of carbonyl (C=O) groups excluding carboxylic acids is 1. The number of benzene rings is 2. The van der Waals surface area contributed by atoms with Crippen LogP contribution >= 0.6 is 0 Å². The van der Waals surface area contributed by atoms with E-state index in [-0.39, 0.29) is 17.0 Å². The van der Waals surface area contributed by atoms with Crippen LogP contribution < -0.4 is 10.5 Å². The maximum Gasteiger partial charge on any atom is 0.261 e. The SMILES string of the molecule is Cc1cccc(-c2ccc(C(=O)N(C)Cc3ccc(N(C)C)cc3)c(=O)[nH]2)c1. The number of anilines is 1. The summed E-state index contributed by atoms with van der Waals surface area (Å²) >= 11 is 0. The Balaban J connectivity index is 1.77. The van der Waals surface area contributed by atoms with E-state index in [2.05, 4.69) is 4.98 Å². The Bertz CT molecular complexity index is 1040. The van der Waals surface area contributed by atoms with Crippen molar-refractivity contribution < 1.29 is 4.79 Å². The molecule has 28 heavy (non-hydrogen) atoms. The molecule has 0 saturated heterocycles. The zero-order valence-corrected chi connectivity index (χ0v) is 16.7. The van der Waals surface area contributed by atoms with Crippen LogP contribution in [0.15, 0.2) is 65.5 Å². The van der Waals surface area contributed by atoms with Gasteiger partial charge in [-0.1, -0.05) is 35.9 Å². The van der Waals surface area contributed by atoms with Crippen LogP contribution in [0.25, 0.3) is 11.3 Å². The van der Waals surface area contributed by atoms with Crippen molar-refractivity contribution in [2.45, 2.75) is 13.5 Å². The lowest BCUT2D eigenvalue weighted by molar-refractivity contribution is 0.0783. The number of pyridine rings is 1. The second kappa shape index (κ2) is 8.13. The molecule has 0 aliphatic carbocycles. The molecule has 5 nitrogen and oxygen atoms in total. The number of carbonyl (C=O) groups is 1. The molecule has 1 heterocycles. The van der Waals surface area contributed by atoms with Crippen molar-refractivity contribution in [3.05, 3.63) is 87.7 Å². The van der Waals surface area contributed by atoms with Crippen LogP contribution in [0, 0.1) is 6.92 Å². The highest BCUT2D eigenvalue weighted by Gasteiger charge is 2.16. The van der Waals surface area contributed by atoms with E-state index in [4.69, 9.17) is 0 Å². The van der Waals surface area contributed by atoms with Gasteiger partial charge in [-0.3, -0.25) is 9.59 Å². The molecule has 2 aromatic carbocycles. The molecule has 3 rings (SSSR count). The minimum absolute atomic E-state index is 0.142. The lowest BCUT2D eigenvalue weighted by atomic mass is 10.1. The van der Waals surface area contributed by atoms with Crippen LogP contribution in [0.2, 0.25) is 0 Å². The topological polar surface area (TPSA) is 56.4 Å². The molecule has 0 fully saturated rings. The highest BCUT2D eigenvalue weighted by atomic mass is 16.2. The molecule has 5 heteroatoms. The summed E-state index contributed by atoms with van der Waals surface area (Å²) in [6, 6.07) is 19.3. The third-order valence-corrected chi connectivity index (χ3v) is 4.69. The lowest BCUT2D eigenvalue weighted by Gasteiger charge is -2.18. The molecule has 0 bridgehead atoms. The van der Waals surface area contributed by atoms with Crippen molar-refractivity contribution in [1.82, 2.24) is 9.88 Å². The Kier molecular flexibility index (Phi) is 5.64. The first kappa shape index (κ1) is 19.4. The third kappa shape index (κ3) is 4.31. The van der Waals surface area contributed by atoms with Gasteiger partial charge in [0.1, 0.15) is 5.56 Å². The molecule has 0 unspecified atom stereocenters. The van der Waals surface area contributed by atoms with Crippen molar-refractivity contribution in [1.29, 1.82) is 0 Å². The van der Waals surface area contributed by atoms with Crippen molar-refractivity contribution in [3.8, 4) is 11.3 Å². The summed E-state index contributed by atoms with van der Waals surface area (Å²) in [4.78, 5) is 31.7. The van der Waals surface area contributed by atoms with Gasteiger partial charge in [-0.25, -0.2) is 0 Å². The average molecular weight is 375 g/mol. The Morgan fingerprint density at radius 1 is 0.964 bits per heavy atom. The number of rotatable bonds is 5. The van der Waals surface area contributed by atoms with Gasteiger partial charge in [-0.15, -0.1) is 0 Å². The minimum atomic E-state index is -0.376. The summed E-state index contributed by atoms with van der Waals surface area (Å²) in [5.74, 6) is -0.297. The molecule has 144 valence electrons. The molecule has 1 amide bonds. The molecule has 1 N–H and O–H groups in total. The zero-order valence-electron chi connectivity index (χ0n) is 16.7. The van der Waals surface area contributed by atoms with Crippen LogP contribution in [0.5, 0.6) is 0 Å². The van der Waals surface area contributed by atoms with Crippen LogP contribution in [-0.4, -0.2) is 36.9 Å². The minimum Gasteiger partial charge on any atom is -0.378 e. The summed E-state index contributed by atoms with van der Waals surface area (Å²) in [5, 5.41) is 0. The van der Waals surface area contributed by atoms with Crippen LogP contribution in [0.4, 0.5) is 5.69 Å². The van der Waals surface area contributed by atoms with E-state index >= 15 is 0 Å². The predicted molar refractivity (Wildman–Crippen MR) is 114 cm³/mol. The fourth-order valence-corrected chi connectivity index (χ4v) is 3.07. The van der Waals surface area contributed by atoms with Gasteiger partial charge in [-0.2, -0.15) is 0 Å². The monoisotopic (exact) mass is 375 g/mol. The third-order valence-electron chi connectivity index (χ3n) is 4.69. The standard InChI is InChI=1S/C23H25N3O2/c1-16-6-5-7-18(14-16)21-13-12-20(22(27)24-21)23(28)26(4)15-17-8-10-19(11-9-17)25(2)3/h5-14H,15H2,1-4H3,(H,24,27). The average Bonchev–Trinajstić information content (AvgIpc) is 2.67. The summed E-state index contributed by atoms with van der Waals surface area (Å²) in [7, 11) is 5.67. The molecular weight excluding hydrogens is 350 g/mol. The largest absolute Gasteiger partial charge is 0.378 e. The van der Waals surface area contributed by atoms with E-state index in [1.54, 1.807) is 24.1 Å². The van der Waals surface area contributed by atoms with E-state index in [0.29, 0.717) is 12.2 Å². The van der Waals surface area contributed by atoms with Gasteiger partial charge in [0, 0.05) is 39.1 Å². The molecular formula is C23H25N3O2. The van der Waals surface area contributed by atoms with E-state index in [1.165, 1.54) is 0 Å². The Hall–Kier alpha value is -3.34. The highest BCUT2D eigenvalue weighted by Crippen LogP contribution is 2.18. The van der Waals surface area contributed by atoms with E-state index in [1.807, 2.05) is 74.4 Å². The van der Waals surface area contributed by atoms with Gasteiger partial charge >= 0.3 is 0 Å². The first-order chi connectivity index (χ1) is 13.3. The number of nitrogens with one attached hydrogen (secondary N) is 1. The van der Waals surface area contributed by atoms with Gasteiger partial charge in [-0.05, 0) is 48.4 Å². The molecule has 0 saturated carbocycles. The van der Waals surface area contributed by atoms with Gasteiger partial charge in [0.15, 0.2) is 0 Å². The molecule has 1 aromatic heterocycles. The van der Waals surface area contributed by atoms with Crippen molar-refractivity contribution >= 4 is 11.6 Å². The lowest BCUT2D eigenvalue weighted by Crippen LogP contribution is -2.31. The maximum absolute atomic E-state index is 12.7. The number of nitrogens with zero attached hydrogens (tertiary/aromatic N) is 2. The number of hydrogen-bond donors (Lipinski definition) is 1. The number of aromatic amines is 1. The molecule has 0 spiro atoms. The predicted octanol–water partition coefficient (Wildman–Crippen LogP) is 3.69. The number of hydrogen-bond acceptors (Lipinski definition) is 3. The van der Waals surface area contributed by atoms with Crippen molar-refractivity contribution in [2.75, 3.05) is 26.0 Å². The van der Waals surface area contributed by atoms with Crippen LogP contribution in [-0.2, 0) is 6.54 Å². The normalized spacial score (nSPS) is 10.6. The zero-order chi connectivity index (χ0) is 20.3. The summed E-state index contributed by atoms with van der Waals surface area (Å²) in [5.41, 5.74) is 4.61. The summed E-state index contributed by atoms with van der Waals surface area (Å²) < 4.78 is 0. The van der Waals surface area contributed by atoms with E-state index in [9.17, 15) is 9.59 Å². The molecule has 0 aliphatic rings. The Morgan fingerprint density at radius 3 is 2.29 bits per heavy atom. The molecule has 3 aromatic rings. The van der Waals surface area contributed by atoms with Crippen LogP contribution in [0.3, 0.4) is 0 Å². The second-order valence-electron chi connectivity index (χ2n) is 7.21. The maximum atomic E-state index is 12.7. The van der Waals surface area contributed by atoms with Crippen LogP contribution in [0.1, 0.15) is 21.5 Å². The Labute approximate surface area is 165 Å². The molecule has 0 atom stereocenters. The van der Waals surface area contributed by atoms with E-state index in [0.717, 1.165) is 22.4 Å². The Morgan fingerprint density at radius 2 is 1.68 bits per heavy atom. The number of H-pyrrole nitrogens is 1. The fourth-order valence-electron chi connectivity index (χ4n) is 3.07. The molecule has 0 radical (unpaired) electrons. The number of aromatic nitrogens is 1. The van der Waals surface area contributed by atoms with Crippen molar-refractivity contribution in [2.24, 2.45) is 0 Å². The summed E-state index contributed by atoms with van der Waals surface area (Å²) in [6.45, 7) is 2.44. The second-order valence-corrected chi connectivity index (χ2v) is 7.21. The van der Waals surface area contributed by atoms with Crippen molar-refractivity contribution in [3.63, 3.8) is 0 Å². The highest BCUT2D eigenvalue weighted by molar-refractivity contribution is 5.93. The van der Waals surface area contributed by atoms with Gasteiger partial charge < -0.3 is 14.8 Å².